The third kappa shape index (κ3) is 6.16. The summed E-state index contributed by atoms with van der Waals surface area (Å²) in [7, 11) is 0. The Kier molecular flexibility index (Phi) is 8.07. The van der Waals surface area contributed by atoms with Crippen molar-refractivity contribution in [2.24, 2.45) is 5.73 Å². The molecule has 0 radical (unpaired) electrons. The fourth-order valence-corrected chi connectivity index (χ4v) is 1.92. The molecule has 0 aliphatic heterocycles. The summed E-state index contributed by atoms with van der Waals surface area (Å²) >= 11 is 0. The Labute approximate surface area is 96.2 Å². The van der Waals surface area contributed by atoms with Gasteiger partial charge < -0.3 is 5.73 Å². The molecule has 2 N–H and O–H groups in total. The Balaban J connectivity index is 3.71. The molecule has 0 aliphatic carbocycles. The Morgan fingerprint density at radius 1 is 1.00 bits per heavy atom. The topological polar surface area (TPSA) is 29.3 Å². The summed E-state index contributed by atoms with van der Waals surface area (Å²) in [6, 6.07) is 0. The quantitative estimate of drug-likeness (QED) is 0.598. The summed E-state index contributed by atoms with van der Waals surface area (Å²) in [5.41, 5.74) is 5.96. The van der Waals surface area contributed by atoms with E-state index in [2.05, 4.69) is 32.6 Å². The van der Waals surface area contributed by atoms with Gasteiger partial charge in [-0.15, -0.1) is 0 Å². The van der Waals surface area contributed by atoms with Crippen molar-refractivity contribution >= 4 is 0 Å². The van der Waals surface area contributed by atoms with Gasteiger partial charge in [0.15, 0.2) is 0 Å². The number of likely N-dealkylation sites (N-methyl/N-ethyl adjacent to an activating group) is 1. The number of hydrogen-bond donors (Lipinski definition) is 1. The van der Waals surface area contributed by atoms with E-state index in [1.807, 2.05) is 0 Å². The maximum atomic E-state index is 5.79. The average Bonchev–Trinajstić information content (AvgIpc) is 2.23. The van der Waals surface area contributed by atoms with Crippen molar-refractivity contribution in [2.75, 3.05) is 19.6 Å². The second-order valence-corrected chi connectivity index (χ2v) is 5.01. The molecule has 0 aliphatic rings. The van der Waals surface area contributed by atoms with E-state index in [-0.39, 0.29) is 5.54 Å². The Hall–Kier alpha value is -0.0800. The first kappa shape index (κ1) is 14.9. The molecule has 0 saturated heterocycles. The summed E-state index contributed by atoms with van der Waals surface area (Å²) in [6.07, 6.45) is 6.78. The van der Waals surface area contributed by atoms with Crippen molar-refractivity contribution in [3.63, 3.8) is 0 Å². The van der Waals surface area contributed by atoms with E-state index in [4.69, 9.17) is 5.73 Å². The predicted molar refractivity (Wildman–Crippen MR) is 69.1 cm³/mol. The van der Waals surface area contributed by atoms with Crippen molar-refractivity contribution in [1.29, 1.82) is 0 Å². The monoisotopic (exact) mass is 214 g/mol. The van der Waals surface area contributed by atoms with Crippen LogP contribution in [0.1, 0.15) is 59.8 Å². The van der Waals surface area contributed by atoms with Gasteiger partial charge in [-0.1, -0.05) is 39.5 Å². The number of rotatable bonds is 9. The molecule has 15 heavy (non-hydrogen) atoms. The van der Waals surface area contributed by atoms with Crippen molar-refractivity contribution < 1.29 is 0 Å². The predicted octanol–water partition coefficient (Wildman–Crippen LogP) is 3.02. The fourth-order valence-electron chi connectivity index (χ4n) is 1.92. The molecule has 0 amide bonds. The molecule has 0 fully saturated rings. The molecule has 2 nitrogen and oxygen atoms in total. The lowest BCUT2D eigenvalue weighted by Crippen LogP contribution is -2.49. The van der Waals surface area contributed by atoms with Crippen molar-refractivity contribution in [2.45, 2.75) is 65.3 Å². The van der Waals surface area contributed by atoms with Crippen LogP contribution in [-0.4, -0.2) is 30.1 Å². The van der Waals surface area contributed by atoms with Crippen LogP contribution in [0, 0.1) is 0 Å². The lowest BCUT2D eigenvalue weighted by molar-refractivity contribution is 0.131. The highest BCUT2D eigenvalue weighted by atomic mass is 15.2. The molecule has 0 unspecified atom stereocenters. The largest absolute Gasteiger partial charge is 0.329 e. The molecule has 92 valence electrons. The Bertz CT molecular complexity index is 143. The molecule has 0 aromatic rings. The maximum Gasteiger partial charge on any atom is 0.0275 e. The zero-order valence-corrected chi connectivity index (χ0v) is 11.2. The lowest BCUT2D eigenvalue weighted by Gasteiger charge is -2.37. The van der Waals surface area contributed by atoms with Crippen LogP contribution < -0.4 is 5.73 Å². The van der Waals surface area contributed by atoms with Crippen molar-refractivity contribution in [3.05, 3.63) is 0 Å². The van der Waals surface area contributed by atoms with Crippen LogP contribution in [0.4, 0.5) is 0 Å². The summed E-state index contributed by atoms with van der Waals surface area (Å²) in [5, 5.41) is 0. The van der Waals surface area contributed by atoms with E-state index in [0.29, 0.717) is 0 Å². The highest BCUT2D eigenvalue weighted by Crippen LogP contribution is 2.14. The molecule has 0 rings (SSSR count). The van der Waals surface area contributed by atoms with E-state index in [0.717, 1.165) is 13.1 Å². The number of unbranched alkanes of at least 4 members (excludes halogenated alkanes) is 4. The van der Waals surface area contributed by atoms with Crippen LogP contribution in [0.3, 0.4) is 0 Å². The third-order valence-electron chi connectivity index (χ3n) is 3.27. The van der Waals surface area contributed by atoms with E-state index in [1.54, 1.807) is 0 Å². The van der Waals surface area contributed by atoms with Crippen LogP contribution >= 0.6 is 0 Å². The van der Waals surface area contributed by atoms with Crippen LogP contribution in [-0.2, 0) is 0 Å². The van der Waals surface area contributed by atoms with E-state index < -0.39 is 0 Å². The van der Waals surface area contributed by atoms with Crippen LogP contribution in [0.2, 0.25) is 0 Å². The molecular weight excluding hydrogens is 184 g/mol. The smallest absolute Gasteiger partial charge is 0.0275 e. The zero-order valence-electron chi connectivity index (χ0n) is 11.2. The molecule has 2 heteroatoms. The van der Waals surface area contributed by atoms with E-state index in [1.165, 1.54) is 38.6 Å². The minimum atomic E-state index is 0.166. The second-order valence-electron chi connectivity index (χ2n) is 5.01. The molecule has 0 bridgehead atoms. The molecule has 0 saturated carbocycles. The standard InChI is InChI=1S/C13H30N2/c1-5-7-8-9-10-11-15(6-2)13(3,4)12-14/h5-12,14H2,1-4H3. The number of hydrogen-bond acceptors (Lipinski definition) is 2. The summed E-state index contributed by atoms with van der Waals surface area (Å²) < 4.78 is 0. The van der Waals surface area contributed by atoms with Crippen LogP contribution in [0.5, 0.6) is 0 Å². The summed E-state index contributed by atoms with van der Waals surface area (Å²) in [5.74, 6) is 0. The average molecular weight is 214 g/mol. The maximum absolute atomic E-state index is 5.79. The minimum absolute atomic E-state index is 0.166. The first-order chi connectivity index (χ1) is 7.08. The Morgan fingerprint density at radius 3 is 2.07 bits per heavy atom. The van der Waals surface area contributed by atoms with Gasteiger partial charge >= 0.3 is 0 Å². The highest BCUT2D eigenvalue weighted by molar-refractivity contribution is 4.81. The Morgan fingerprint density at radius 2 is 1.60 bits per heavy atom. The first-order valence-corrected chi connectivity index (χ1v) is 6.53. The van der Waals surface area contributed by atoms with Gasteiger partial charge in [0.25, 0.3) is 0 Å². The van der Waals surface area contributed by atoms with Gasteiger partial charge in [0.1, 0.15) is 0 Å². The lowest BCUT2D eigenvalue weighted by atomic mass is 10.0. The van der Waals surface area contributed by atoms with Crippen molar-refractivity contribution in [3.8, 4) is 0 Å². The first-order valence-electron chi connectivity index (χ1n) is 6.53. The molecule has 0 aromatic heterocycles. The summed E-state index contributed by atoms with van der Waals surface area (Å²) in [4.78, 5) is 2.50. The van der Waals surface area contributed by atoms with E-state index in [9.17, 15) is 0 Å². The van der Waals surface area contributed by atoms with Gasteiger partial charge in [-0.05, 0) is 33.4 Å². The molecule has 0 heterocycles. The number of nitrogens with two attached hydrogens (primary N) is 1. The molecular formula is C13H30N2. The molecule has 0 aromatic carbocycles. The van der Waals surface area contributed by atoms with Gasteiger partial charge in [0.05, 0.1) is 0 Å². The second kappa shape index (κ2) is 8.12. The van der Waals surface area contributed by atoms with Gasteiger partial charge in [0, 0.05) is 12.1 Å². The highest BCUT2D eigenvalue weighted by Gasteiger charge is 2.22. The van der Waals surface area contributed by atoms with Gasteiger partial charge in [-0.2, -0.15) is 0 Å². The molecule has 0 atom stereocenters. The SMILES string of the molecule is CCCCCCCN(CC)C(C)(C)CN. The zero-order chi connectivity index (χ0) is 11.7. The van der Waals surface area contributed by atoms with Crippen molar-refractivity contribution in [1.82, 2.24) is 4.90 Å². The summed E-state index contributed by atoms with van der Waals surface area (Å²) in [6.45, 7) is 12.0. The third-order valence-corrected chi connectivity index (χ3v) is 3.27. The minimum Gasteiger partial charge on any atom is -0.329 e. The van der Waals surface area contributed by atoms with Gasteiger partial charge in [-0.25, -0.2) is 0 Å². The van der Waals surface area contributed by atoms with E-state index >= 15 is 0 Å². The van der Waals surface area contributed by atoms with Gasteiger partial charge in [-0.3, -0.25) is 4.90 Å². The van der Waals surface area contributed by atoms with Crippen LogP contribution in [0.25, 0.3) is 0 Å². The normalized spacial score (nSPS) is 12.4. The van der Waals surface area contributed by atoms with Gasteiger partial charge in [0.2, 0.25) is 0 Å². The fraction of sp³-hybridized carbons (Fsp3) is 1.00. The van der Waals surface area contributed by atoms with Crippen LogP contribution in [0.15, 0.2) is 0 Å². The molecule has 0 spiro atoms. The number of nitrogens with zero attached hydrogens (tertiary/aromatic N) is 1.